The Morgan fingerprint density at radius 3 is 2.39 bits per heavy atom. The molecule has 0 saturated heterocycles. The lowest BCUT2D eigenvalue weighted by molar-refractivity contribution is 0.0954. The number of carbonyl (C=O) groups is 1. The van der Waals surface area contributed by atoms with Crippen LogP contribution in [-0.2, 0) is 6.42 Å². The van der Waals surface area contributed by atoms with E-state index < -0.39 is 0 Å². The van der Waals surface area contributed by atoms with Crippen molar-refractivity contribution in [1.82, 2.24) is 10.3 Å². The molecule has 0 fully saturated rings. The van der Waals surface area contributed by atoms with Gasteiger partial charge in [0.25, 0.3) is 5.91 Å². The quantitative estimate of drug-likeness (QED) is 0.652. The number of amides is 1. The van der Waals surface area contributed by atoms with E-state index in [0.717, 1.165) is 22.0 Å². The number of benzene rings is 2. The van der Waals surface area contributed by atoms with Gasteiger partial charge in [0.15, 0.2) is 11.5 Å². The number of hydrogen-bond acceptors (Lipinski definition) is 4. The third kappa shape index (κ3) is 3.63. The highest BCUT2D eigenvalue weighted by molar-refractivity contribution is 5.95. The Labute approximate surface area is 164 Å². The average Bonchev–Trinajstić information content (AvgIpc) is 3.10. The lowest BCUT2D eigenvalue weighted by atomic mass is 10.1. The molecule has 0 spiro atoms. The molecular weight excluding hydrogens is 356 g/mol. The number of fused-ring (bicyclic) bond motifs is 1. The summed E-state index contributed by atoms with van der Waals surface area (Å²) in [7, 11) is 4.78. The molecule has 6 nitrogen and oxygen atoms in total. The van der Waals surface area contributed by atoms with E-state index in [2.05, 4.69) is 10.3 Å². The summed E-state index contributed by atoms with van der Waals surface area (Å²) in [6.07, 6.45) is 2.58. The molecule has 3 rings (SSSR count). The predicted octanol–water partition coefficient (Wildman–Crippen LogP) is 3.78. The van der Waals surface area contributed by atoms with Gasteiger partial charge < -0.3 is 24.5 Å². The number of H-pyrrole nitrogens is 1. The Bertz CT molecular complexity index is 1010. The van der Waals surface area contributed by atoms with Crippen molar-refractivity contribution >= 4 is 16.8 Å². The van der Waals surface area contributed by atoms with Crippen LogP contribution in [0.1, 0.15) is 27.0 Å². The van der Waals surface area contributed by atoms with Crippen molar-refractivity contribution in [2.75, 3.05) is 27.9 Å². The maximum atomic E-state index is 12.4. The monoisotopic (exact) mass is 382 g/mol. The first-order valence-corrected chi connectivity index (χ1v) is 9.14. The Morgan fingerprint density at radius 1 is 1.00 bits per heavy atom. The van der Waals surface area contributed by atoms with Gasteiger partial charge in [0, 0.05) is 29.8 Å². The third-order valence-electron chi connectivity index (χ3n) is 5.00. The molecule has 0 saturated carbocycles. The number of hydrogen-bond donors (Lipinski definition) is 2. The van der Waals surface area contributed by atoms with Gasteiger partial charge in [0.05, 0.1) is 26.8 Å². The van der Waals surface area contributed by atoms with Crippen LogP contribution < -0.4 is 19.5 Å². The summed E-state index contributed by atoms with van der Waals surface area (Å²) in [5.41, 5.74) is 4.88. The highest BCUT2D eigenvalue weighted by Crippen LogP contribution is 2.44. The molecule has 148 valence electrons. The van der Waals surface area contributed by atoms with Gasteiger partial charge >= 0.3 is 0 Å². The van der Waals surface area contributed by atoms with Crippen molar-refractivity contribution in [1.29, 1.82) is 0 Å². The van der Waals surface area contributed by atoms with E-state index >= 15 is 0 Å². The number of aromatic nitrogens is 1. The van der Waals surface area contributed by atoms with Crippen molar-refractivity contribution in [3.8, 4) is 17.2 Å². The summed E-state index contributed by atoms with van der Waals surface area (Å²) in [5.74, 6) is 1.70. The van der Waals surface area contributed by atoms with Gasteiger partial charge in [-0.15, -0.1) is 0 Å². The van der Waals surface area contributed by atoms with Gasteiger partial charge in [0.1, 0.15) is 0 Å². The molecule has 6 heteroatoms. The second-order valence-corrected chi connectivity index (χ2v) is 6.69. The molecule has 0 aliphatic carbocycles. The van der Waals surface area contributed by atoms with Gasteiger partial charge in [-0.1, -0.05) is 6.07 Å². The first-order valence-electron chi connectivity index (χ1n) is 9.14. The zero-order valence-corrected chi connectivity index (χ0v) is 16.9. The van der Waals surface area contributed by atoms with E-state index in [0.29, 0.717) is 35.8 Å². The lowest BCUT2D eigenvalue weighted by Crippen LogP contribution is -2.25. The molecule has 2 aromatic carbocycles. The van der Waals surface area contributed by atoms with Crippen LogP contribution in [0.3, 0.4) is 0 Å². The summed E-state index contributed by atoms with van der Waals surface area (Å²) in [6, 6.07) is 7.61. The standard InChI is InChI=1S/C22H26N2O4/c1-13-6-7-15(10-14(13)2)22(25)23-9-8-16-12-24-17-11-18(26-3)20(27-4)21(28-5)19(16)17/h6-7,10-12,24H,8-9H2,1-5H3,(H,23,25). The van der Waals surface area contributed by atoms with Gasteiger partial charge in [-0.3, -0.25) is 4.79 Å². The van der Waals surface area contributed by atoms with E-state index in [9.17, 15) is 4.79 Å². The molecule has 0 aliphatic rings. The fourth-order valence-corrected chi connectivity index (χ4v) is 3.32. The Morgan fingerprint density at radius 2 is 1.75 bits per heavy atom. The van der Waals surface area contributed by atoms with Crippen LogP contribution >= 0.6 is 0 Å². The van der Waals surface area contributed by atoms with Gasteiger partial charge in [-0.25, -0.2) is 0 Å². The molecule has 0 aliphatic heterocycles. The zero-order valence-electron chi connectivity index (χ0n) is 16.9. The van der Waals surface area contributed by atoms with Crippen molar-refractivity contribution in [3.05, 3.63) is 52.7 Å². The minimum atomic E-state index is -0.0749. The van der Waals surface area contributed by atoms with E-state index in [4.69, 9.17) is 14.2 Å². The third-order valence-corrected chi connectivity index (χ3v) is 5.00. The van der Waals surface area contributed by atoms with Crippen LogP contribution in [0.25, 0.3) is 10.9 Å². The van der Waals surface area contributed by atoms with Gasteiger partial charge in [0.2, 0.25) is 5.75 Å². The zero-order chi connectivity index (χ0) is 20.3. The Balaban J connectivity index is 1.79. The maximum absolute atomic E-state index is 12.4. The molecule has 1 amide bonds. The second-order valence-electron chi connectivity index (χ2n) is 6.69. The minimum absolute atomic E-state index is 0.0749. The number of ether oxygens (including phenoxy) is 3. The Hall–Kier alpha value is -3.15. The van der Waals surface area contributed by atoms with Crippen molar-refractivity contribution < 1.29 is 19.0 Å². The van der Waals surface area contributed by atoms with Crippen molar-refractivity contribution in [3.63, 3.8) is 0 Å². The maximum Gasteiger partial charge on any atom is 0.251 e. The minimum Gasteiger partial charge on any atom is -0.493 e. The molecule has 1 aromatic heterocycles. The van der Waals surface area contributed by atoms with Gasteiger partial charge in [-0.2, -0.15) is 0 Å². The molecule has 2 N–H and O–H groups in total. The summed E-state index contributed by atoms with van der Waals surface area (Å²) >= 11 is 0. The first kappa shape index (κ1) is 19.6. The van der Waals surface area contributed by atoms with E-state index in [-0.39, 0.29) is 5.91 Å². The smallest absolute Gasteiger partial charge is 0.251 e. The first-order chi connectivity index (χ1) is 13.5. The van der Waals surface area contributed by atoms with Crippen LogP contribution in [0.4, 0.5) is 0 Å². The normalized spacial score (nSPS) is 10.8. The largest absolute Gasteiger partial charge is 0.493 e. The number of aromatic amines is 1. The summed E-state index contributed by atoms with van der Waals surface area (Å²) in [6.45, 7) is 4.55. The number of rotatable bonds is 7. The average molecular weight is 382 g/mol. The highest BCUT2D eigenvalue weighted by atomic mass is 16.5. The number of carbonyl (C=O) groups excluding carboxylic acids is 1. The molecular formula is C22H26N2O4. The topological polar surface area (TPSA) is 72.6 Å². The second kappa shape index (κ2) is 8.25. The fraction of sp³-hybridized carbons (Fsp3) is 0.318. The van der Waals surface area contributed by atoms with Crippen molar-refractivity contribution in [2.45, 2.75) is 20.3 Å². The lowest BCUT2D eigenvalue weighted by Gasteiger charge is -2.14. The molecule has 3 aromatic rings. The van der Waals surface area contributed by atoms with Crippen LogP contribution in [0, 0.1) is 13.8 Å². The molecule has 0 radical (unpaired) electrons. The SMILES string of the molecule is COc1cc2[nH]cc(CCNC(=O)c3ccc(C)c(C)c3)c2c(OC)c1OC. The van der Waals surface area contributed by atoms with E-state index in [1.54, 1.807) is 21.3 Å². The predicted molar refractivity (Wildman–Crippen MR) is 110 cm³/mol. The molecule has 28 heavy (non-hydrogen) atoms. The summed E-state index contributed by atoms with van der Waals surface area (Å²) in [5, 5.41) is 3.92. The molecule has 1 heterocycles. The Kier molecular flexibility index (Phi) is 5.78. The fourth-order valence-electron chi connectivity index (χ4n) is 3.32. The molecule has 0 unspecified atom stereocenters. The van der Waals surface area contributed by atoms with Crippen molar-refractivity contribution in [2.24, 2.45) is 0 Å². The number of nitrogens with one attached hydrogen (secondary N) is 2. The van der Waals surface area contributed by atoms with Crippen LogP contribution in [0.15, 0.2) is 30.5 Å². The van der Waals surface area contributed by atoms with Crippen LogP contribution in [0.5, 0.6) is 17.2 Å². The molecule has 0 atom stereocenters. The number of methoxy groups -OCH3 is 3. The summed E-state index contributed by atoms with van der Waals surface area (Å²) in [4.78, 5) is 15.7. The molecule has 0 bridgehead atoms. The van der Waals surface area contributed by atoms with Crippen LogP contribution in [-0.4, -0.2) is 38.8 Å². The van der Waals surface area contributed by atoms with E-state index in [1.807, 2.05) is 44.3 Å². The van der Waals surface area contributed by atoms with Crippen LogP contribution in [0.2, 0.25) is 0 Å². The van der Waals surface area contributed by atoms with Gasteiger partial charge in [-0.05, 0) is 49.1 Å². The highest BCUT2D eigenvalue weighted by Gasteiger charge is 2.19. The van der Waals surface area contributed by atoms with E-state index in [1.165, 1.54) is 5.56 Å². The summed E-state index contributed by atoms with van der Waals surface area (Å²) < 4.78 is 16.5. The number of aryl methyl sites for hydroxylation is 2.